The lowest BCUT2D eigenvalue weighted by Gasteiger charge is -2.13. The fraction of sp³-hybridized carbons (Fsp3) is 0.333. The Bertz CT molecular complexity index is 909. The summed E-state index contributed by atoms with van der Waals surface area (Å²) in [6, 6.07) is 10.2. The molecular formula is C21H21F3N2O2. The molecule has 1 aliphatic carbocycles. The van der Waals surface area contributed by atoms with Crippen molar-refractivity contribution in [3.05, 3.63) is 59.2 Å². The van der Waals surface area contributed by atoms with Crippen LogP contribution in [0.3, 0.4) is 0 Å². The van der Waals surface area contributed by atoms with Crippen LogP contribution in [0, 0.1) is 18.8 Å². The Balaban J connectivity index is 1.63. The van der Waals surface area contributed by atoms with Crippen molar-refractivity contribution in [1.29, 1.82) is 0 Å². The molecule has 0 radical (unpaired) electrons. The van der Waals surface area contributed by atoms with E-state index in [9.17, 15) is 22.8 Å². The zero-order chi connectivity index (χ0) is 20.5. The summed E-state index contributed by atoms with van der Waals surface area (Å²) >= 11 is 0. The number of benzene rings is 2. The molecule has 0 bridgehead atoms. The van der Waals surface area contributed by atoms with Crippen molar-refractivity contribution in [2.75, 3.05) is 10.6 Å². The highest BCUT2D eigenvalue weighted by Crippen LogP contribution is 2.41. The maximum atomic E-state index is 12.8. The van der Waals surface area contributed by atoms with Crippen molar-refractivity contribution in [1.82, 2.24) is 0 Å². The standard InChI is InChI=1S/C21H21F3N2O2/c1-3-13-7-4-6-12(2)18(13)26-20(28)17-11-16(17)19(27)25-15-9-5-8-14(10-15)21(22,23)24/h4-10,16-17H,3,11H2,1-2H3,(H,25,27)(H,26,28). The number of amides is 2. The summed E-state index contributed by atoms with van der Waals surface area (Å²) in [5.74, 6) is -1.70. The number of anilines is 2. The summed E-state index contributed by atoms with van der Waals surface area (Å²) in [5, 5.41) is 5.38. The molecule has 148 valence electrons. The quantitative estimate of drug-likeness (QED) is 0.771. The topological polar surface area (TPSA) is 58.2 Å². The highest BCUT2D eigenvalue weighted by molar-refractivity contribution is 6.03. The number of carbonyl (C=O) groups excluding carboxylic acids is 2. The largest absolute Gasteiger partial charge is 0.416 e. The van der Waals surface area contributed by atoms with Gasteiger partial charge in [0, 0.05) is 11.4 Å². The van der Waals surface area contributed by atoms with Gasteiger partial charge in [-0.1, -0.05) is 31.2 Å². The van der Waals surface area contributed by atoms with Crippen molar-refractivity contribution in [2.45, 2.75) is 32.9 Å². The Morgan fingerprint density at radius 2 is 1.68 bits per heavy atom. The van der Waals surface area contributed by atoms with Gasteiger partial charge >= 0.3 is 6.18 Å². The third-order valence-corrected chi connectivity index (χ3v) is 4.91. The van der Waals surface area contributed by atoms with Gasteiger partial charge in [-0.3, -0.25) is 9.59 Å². The van der Waals surface area contributed by atoms with E-state index in [-0.39, 0.29) is 11.6 Å². The first-order valence-corrected chi connectivity index (χ1v) is 9.08. The fourth-order valence-corrected chi connectivity index (χ4v) is 3.20. The van der Waals surface area contributed by atoms with Gasteiger partial charge in [-0.05, 0) is 49.1 Å². The van der Waals surface area contributed by atoms with E-state index in [2.05, 4.69) is 10.6 Å². The van der Waals surface area contributed by atoms with Crippen LogP contribution in [0.1, 0.15) is 30.0 Å². The molecule has 1 fully saturated rings. The number of rotatable bonds is 5. The second-order valence-electron chi connectivity index (χ2n) is 6.97. The van der Waals surface area contributed by atoms with Crippen LogP contribution in [-0.2, 0) is 22.2 Å². The van der Waals surface area contributed by atoms with E-state index < -0.39 is 29.5 Å². The maximum Gasteiger partial charge on any atom is 0.416 e. The number of hydrogen-bond acceptors (Lipinski definition) is 2. The minimum atomic E-state index is -4.48. The minimum absolute atomic E-state index is 0.0676. The van der Waals surface area contributed by atoms with Gasteiger partial charge in [0.2, 0.25) is 11.8 Å². The van der Waals surface area contributed by atoms with E-state index in [1.165, 1.54) is 12.1 Å². The average Bonchev–Trinajstić information content (AvgIpc) is 3.44. The lowest BCUT2D eigenvalue weighted by atomic mass is 10.1. The van der Waals surface area contributed by atoms with E-state index >= 15 is 0 Å². The van der Waals surface area contributed by atoms with Gasteiger partial charge in [0.05, 0.1) is 17.4 Å². The smallest absolute Gasteiger partial charge is 0.326 e. The van der Waals surface area contributed by atoms with Gasteiger partial charge < -0.3 is 10.6 Å². The SMILES string of the molecule is CCc1cccc(C)c1NC(=O)C1CC1C(=O)Nc1cccc(C(F)(F)F)c1. The summed E-state index contributed by atoms with van der Waals surface area (Å²) < 4.78 is 38.3. The van der Waals surface area contributed by atoms with Crippen LogP contribution in [0.15, 0.2) is 42.5 Å². The average molecular weight is 390 g/mol. The van der Waals surface area contributed by atoms with Crippen molar-refractivity contribution >= 4 is 23.2 Å². The van der Waals surface area contributed by atoms with Gasteiger partial charge in [-0.25, -0.2) is 0 Å². The molecule has 2 atom stereocenters. The molecule has 0 saturated heterocycles. The molecule has 3 rings (SSSR count). The number of hydrogen-bond donors (Lipinski definition) is 2. The number of alkyl halides is 3. The Hall–Kier alpha value is -2.83. The summed E-state index contributed by atoms with van der Waals surface area (Å²) in [4.78, 5) is 24.8. The van der Waals surface area contributed by atoms with E-state index in [0.29, 0.717) is 6.42 Å². The summed E-state index contributed by atoms with van der Waals surface area (Å²) in [6.07, 6.45) is -3.33. The fourth-order valence-electron chi connectivity index (χ4n) is 3.20. The predicted octanol–water partition coefficient (Wildman–Crippen LogP) is 4.79. The van der Waals surface area contributed by atoms with Crippen molar-refractivity contribution < 1.29 is 22.8 Å². The molecule has 0 aliphatic heterocycles. The van der Waals surface area contributed by atoms with Gasteiger partial charge in [0.1, 0.15) is 0 Å². The van der Waals surface area contributed by atoms with Crippen LogP contribution in [0.5, 0.6) is 0 Å². The van der Waals surface area contributed by atoms with Crippen molar-refractivity contribution in [3.8, 4) is 0 Å². The molecule has 4 nitrogen and oxygen atoms in total. The van der Waals surface area contributed by atoms with E-state index in [1.54, 1.807) is 0 Å². The molecule has 28 heavy (non-hydrogen) atoms. The highest BCUT2D eigenvalue weighted by Gasteiger charge is 2.48. The molecule has 2 aromatic rings. The molecule has 2 unspecified atom stereocenters. The van der Waals surface area contributed by atoms with Crippen molar-refractivity contribution in [2.24, 2.45) is 11.8 Å². The number of aryl methyl sites for hydroxylation is 2. The first-order chi connectivity index (χ1) is 13.2. The summed E-state index contributed by atoms with van der Waals surface area (Å²) in [6.45, 7) is 3.90. The number of halogens is 3. The van der Waals surface area contributed by atoms with Gasteiger partial charge in [-0.2, -0.15) is 13.2 Å². The molecule has 1 saturated carbocycles. The third-order valence-electron chi connectivity index (χ3n) is 4.91. The predicted molar refractivity (Wildman–Crippen MR) is 101 cm³/mol. The molecule has 1 aliphatic rings. The molecule has 7 heteroatoms. The summed E-state index contributed by atoms with van der Waals surface area (Å²) in [7, 11) is 0. The molecule has 2 N–H and O–H groups in total. The van der Waals surface area contributed by atoms with Gasteiger partial charge in [0.15, 0.2) is 0 Å². The van der Waals surface area contributed by atoms with E-state index in [4.69, 9.17) is 0 Å². The minimum Gasteiger partial charge on any atom is -0.326 e. The maximum absolute atomic E-state index is 12.8. The van der Waals surface area contributed by atoms with E-state index in [0.717, 1.165) is 35.4 Å². The molecular weight excluding hydrogens is 369 g/mol. The Morgan fingerprint density at radius 1 is 1.04 bits per heavy atom. The second-order valence-corrected chi connectivity index (χ2v) is 6.97. The molecule has 2 amide bonds. The lowest BCUT2D eigenvalue weighted by Crippen LogP contribution is -2.21. The lowest BCUT2D eigenvalue weighted by molar-refractivity contribution is -0.137. The van der Waals surface area contributed by atoms with Crippen LogP contribution in [0.2, 0.25) is 0 Å². The normalized spacial score (nSPS) is 18.5. The molecule has 0 heterocycles. The Kier molecular flexibility index (Phi) is 5.45. The van der Waals surface area contributed by atoms with Crippen LogP contribution >= 0.6 is 0 Å². The van der Waals surface area contributed by atoms with Crippen LogP contribution in [0.4, 0.5) is 24.5 Å². The third kappa shape index (κ3) is 4.35. The van der Waals surface area contributed by atoms with E-state index in [1.807, 2.05) is 32.0 Å². The number of carbonyl (C=O) groups is 2. The van der Waals surface area contributed by atoms with Gasteiger partial charge in [-0.15, -0.1) is 0 Å². The second kappa shape index (κ2) is 7.66. The zero-order valence-corrected chi connectivity index (χ0v) is 15.6. The Labute approximate surface area is 161 Å². The summed E-state index contributed by atoms with van der Waals surface area (Å²) in [5.41, 5.74) is 1.95. The monoisotopic (exact) mass is 390 g/mol. The number of nitrogens with one attached hydrogen (secondary N) is 2. The van der Waals surface area contributed by atoms with Crippen LogP contribution in [-0.4, -0.2) is 11.8 Å². The zero-order valence-electron chi connectivity index (χ0n) is 15.6. The molecule has 2 aromatic carbocycles. The molecule has 0 aromatic heterocycles. The first-order valence-electron chi connectivity index (χ1n) is 9.08. The van der Waals surface area contributed by atoms with Crippen LogP contribution in [0.25, 0.3) is 0 Å². The van der Waals surface area contributed by atoms with Gasteiger partial charge in [0.25, 0.3) is 0 Å². The first kappa shape index (κ1) is 19.9. The van der Waals surface area contributed by atoms with Crippen molar-refractivity contribution in [3.63, 3.8) is 0 Å². The highest BCUT2D eigenvalue weighted by atomic mass is 19.4. The van der Waals surface area contributed by atoms with Crippen LogP contribution < -0.4 is 10.6 Å². The molecule has 0 spiro atoms. The Morgan fingerprint density at radius 3 is 2.32 bits per heavy atom. The number of para-hydroxylation sites is 1.